The molecule has 4 heteroatoms. The van der Waals surface area contributed by atoms with Gasteiger partial charge in [-0.05, 0) is 50.2 Å². The smallest absolute Gasteiger partial charge is 0.220 e. The van der Waals surface area contributed by atoms with Gasteiger partial charge in [0.25, 0.3) is 0 Å². The molecule has 2 saturated heterocycles. The Bertz CT molecular complexity index is 493. The summed E-state index contributed by atoms with van der Waals surface area (Å²) in [7, 11) is 0. The fraction of sp³-hybridized carbons (Fsp3) is 0.632. The number of amides is 1. The highest BCUT2D eigenvalue weighted by atomic mass is 16.5. The van der Waals surface area contributed by atoms with Crippen LogP contribution >= 0.6 is 0 Å². The molecule has 0 aliphatic carbocycles. The fourth-order valence-electron chi connectivity index (χ4n) is 3.87. The molecule has 2 fully saturated rings. The van der Waals surface area contributed by atoms with Crippen LogP contribution in [0.15, 0.2) is 30.3 Å². The van der Waals surface area contributed by atoms with E-state index >= 15 is 0 Å². The largest absolute Gasteiger partial charge is 0.491 e. The minimum absolute atomic E-state index is 0.0844. The summed E-state index contributed by atoms with van der Waals surface area (Å²) < 4.78 is 5.77. The summed E-state index contributed by atoms with van der Waals surface area (Å²) in [5, 5.41) is 6.78. The van der Waals surface area contributed by atoms with Gasteiger partial charge in [-0.25, -0.2) is 0 Å². The Balaban J connectivity index is 1.42. The van der Waals surface area contributed by atoms with Crippen LogP contribution < -0.4 is 15.4 Å². The maximum absolute atomic E-state index is 12.3. The molecular weight excluding hydrogens is 288 g/mol. The number of rotatable bonds is 7. The van der Waals surface area contributed by atoms with Crippen LogP contribution in [0.5, 0.6) is 5.75 Å². The Morgan fingerprint density at radius 3 is 2.61 bits per heavy atom. The number of ether oxygens (including phenoxy) is 1. The molecule has 126 valence electrons. The van der Waals surface area contributed by atoms with Gasteiger partial charge in [0.05, 0.1) is 6.04 Å². The van der Waals surface area contributed by atoms with E-state index in [4.69, 9.17) is 4.74 Å². The zero-order valence-electron chi connectivity index (χ0n) is 14.0. The van der Waals surface area contributed by atoms with Crippen LogP contribution in [0.25, 0.3) is 0 Å². The van der Waals surface area contributed by atoms with E-state index in [1.807, 2.05) is 30.3 Å². The van der Waals surface area contributed by atoms with Gasteiger partial charge in [0, 0.05) is 18.5 Å². The van der Waals surface area contributed by atoms with Crippen molar-refractivity contribution in [1.82, 2.24) is 10.6 Å². The third kappa shape index (κ3) is 4.71. The summed E-state index contributed by atoms with van der Waals surface area (Å²) in [5.74, 6) is 1.58. The van der Waals surface area contributed by atoms with E-state index in [0.29, 0.717) is 31.0 Å². The lowest BCUT2D eigenvalue weighted by molar-refractivity contribution is -0.123. The van der Waals surface area contributed by atoms with E-state index in [1.54, 1.807) is 0 Å². The summed E-state index contributed by atoms with van der Waals surface area (Å²) in [4.78, 5) is 12.3. The monoisotopic (exact) mass is 316 g/mol. The first-order valence-corrected chi connectivity index (χ1v) is 8.96. The SMILES string of the molecule is CC[C@H](COc1ccccc1)NC(=O)CC1C[C@H]2CC[C@@H](C1)N2. The van der Waals surface area contributed by atoms with Crippen LogP contribution in [0.3, 0.4) is 0 Å². The first kappa shape index (κ1) is 16.3. The summed E-state index contributed by atoms with van der Waals surface area (Å²) in [5.41, 5.74) is 0. The Morgan fingerprint density at radius 2 is 1.96 bits per heavy atom. The van der Waals surface area contributed by atoms with Crippen molar-refractivity contribution < 1.29 is 9.53 Å². The number of carbonyl (C=O) groups excluding carboxylic acids is 1. The summed E-state index contributed by atoms with van der Waals surface area (Å²) >= 11 is 0. The second-order valence-corrected chi connectivity index (χ2v) is 6.98. The zero-order chi connectivity index (χ0) is 16.1. The zero-order valence-corrected chi connectivity index (χ0v) is 14.0. The number of nitrogens with one attached hydrogen (secondary N) is 2. The van der Waals surface area contributed by atoms with Gasteiger partial charge in [-0.15, -0.1) is 0 Å². The number of carbonyl (C=O) groups is 1. The molecule has 2 aliphatic rings. The van der Waals surface area contributed by atoms with Crippen LogP contribution in [-0.2, 0) is 4.79 Å². The Kier molecular flexibility index (Phi) is 5.55. The average molecular weight is 316 g/mol. The molecular formula is C19H28N2O2. The lowest BCUT2D eigenvalue weighted by Gasteiger charge is -2.29. The predicted octanol–water partition coefficient (Wildman–Crippen LogP) is 2.88. The maximum Gasteiger partial charge on any atom is 0.220 e. The molecule has 1 aromatic carbocycles. The molecule has 2 N–H and O–H groups in total. The van der Waals surface area contributed by atoms with Crippen LogP contribution in [-0.4, -0.2) is 30.6 Å². The fourth-order valence-corrected chi connectivity index (χ4v) is 3.87. The Morgan fingerprint density at radius 1 is 1.26 bits per heavy atom. The molecule has 2 heterocycles. The lowest BCUT2D eigenvalue weighted by Crippen LogP contribution is -2.42. The van der Waals surface area contributed by atoms with E-state index in [2.05, 4.69) is 17.6 Å². The molecule has 4 atom stereocenters. The van der Waals surface area contributed by atoms with Gasteiger partial charge >= 0.3 is 0 Å². The quantitative estimate of drug-likeness (QED) is 0.813. The van der Waals surface area contributed by atoms with E-state index in [0.717, 1.165) is 25.0 Å². The number of piperidine rings is 1. The van der Waals surface area contributed by atoms with Crippen LogP contribution in [0.4, 0.5) is 0 Å². The summed E-state index contributed by atoms with van der Waals surface area (Å²) in [6.45, 7) is 2.62. The molecule has 4 nitrogen and oxygen atoms in total. The van der Waals surface area contributed by atoms with Gasteiger partial charge < -0.3 is 15.4 Å². The normalized spacial score (nSPS) is 27.4. The molecule has 3 rings (SSSR count). The Labute approximate surface area is 139 Å². The standard InChI is InChI=1S/C19H28N2O2/c1-2-15(13-23-18-6-4-3-5-7-18)21-19(22)12-14-10-16-8-9-17(11-14)20-16/h3-7,14-17,20H,2,8-13H2,1H3,(H,21,22)/t14?,15-,16-,17+/m1/s1. The molecule has 0 spiro atoms. The molecule has 23 heavy (non-hydrogen) atoms. The van der Waals surface area contributed by atoms with Crippen molar-refractivity contribution >= 4 is 5.91 Å². The molecule has 2 bridgehead atoms. The van der Waals surface area contributed by atoms with E-state index in [1.165, 1.54) is 12.8 Å². The van der Waals surface area contributed by atoms with Crippen LogP contribution in [0.2, 0.25) is 0 Å². The Hall–Kier alpha value is -1.55. The van der Waals surface area contributed by atoms with E-state index < -0.39 is 0 Å². The van der Waals surface area contributed by atoms with Gasteiger partial charge in [0.2, 0.25) is 5.91 Å². The van der Waals surface area contributed by atoms with Crippen molar-refractivity contribution in [2.45, 2.75) is 63.6 Å². The molecule has 2 aliphatic heterocycles. The second-order valence-electron chi connectivity index (χ2n) is 6.98. The van der Waals surface area contributed by atoms with Crippen molar-refractivity contribution in [2.75, 3.05) is 6.61 Å². The van der Waals surface area contributed by atoms with Gasteiger partial charge in [-0.3, -0.25) is 4.79 Å². The molecule has 0 aromatic heterocycles. The first-order chi connectivity index (χ1) is 11.2. The highest BCUT2D eigenvalue weighted by Crippen LogP contribution is 2.32. The third-order valence-corrected chi connectivity index (χ3v) is 5.10. The molecule has 1 amide bonds. The molecule has 1 aromatic rings. The van der Waals surface area contributed by atoms with Crippen molar-refractivity contribution in [3.8, 4) is 5.75 Å². The summed E-state index contributed by atoms with van der Waals surface area (Å²) in [6.07, 6.45) is 6.42. The van der Waals surface area contributed by atoms with Crippen molar-refractivity contribution in [1.29, 1.82) is 0 Å². The highest BCUT2D eigenvalue weighted by Gasteiger charge is 2.34. The topological polar surface area (TPSA) is 50.4 Å². The van der Waals surface area contributed by atoms with Crippen molar-refractivity contribution in [3.05, 3.63) is 30.3 Å². The molecule has 0 saturated carbocycles. The van der Waals surface area contributed by atoms with Crippen LogP contribution in [0.1, 0.15) is 45.4 Å². The third-order valence-electron chi connectivity index (χ3n) is 5.10. The van der Waals surface area contributed by atoms with E-state index in [9.17, 15) is 4.79 Å². The number of fused-ring (bicyclic) bond motifs is 2. The number of para-hydroxylation sites is 1. The molecule has 0 radical (unpaired) electrons. The van der Waals surface area contributed by atoms with Gasteiger partial charge in [0.1, 0.15) is 12.4 Å². The van der Waals surface area contributed by atoms with Gasteiger partial charge in [-0.2, -0.15) is 0 Å². The predicted molar refractivity (Wildman–Crippen MR) is 91.4 cm³/mol. The summed E-state index contributed by atoms with van der Waals surface area (Å²) in [6, 6.07) is 11.2. The van der Waals surface area contributed by atoms with Crippen LogP contribution in [0, 0.1) is 5.92 Å². The van der Waals surface area contributed by atoms with Gasteiger partial charge in [0.15, 0.2) is 0 Å². The van der Waals surface area contributed by atoms with E-state index in [-0.39, 0.29) is 11.9 Å². The van der Waals surface area contributed by atoms with Crippen molar-refractivity contribution in [2.24, 2.45) is 5.92 Å². The second kappa shape index (κ2) is 7.82. The molecule has 1 unspecified atom stereocenters. The number of hydrogen-bond donors (Lipinski definition) is 2. The van der Waals surface area contributed by atoms with Crippen molar-refractivity contribution in [3.63, 3.8) is 0 Å². The highest BCUT2D eigenvalue weighted by molar-refractivity contribution is 5.76. The lowest BCUT2D eigenvalue weighted by atomic mass is 9.89. The van der Waals surface area contributed by atoms with Gasteiger partial charge in [-0.1, -0.05) is 25.1 Å². The number of benzene rings is 1. The minimum atomic E-state index is 0.0844. The first-order valence-electron chi connectivity index (χ1n) is 8.96. The minimum Gasteiger partial charge on any atom is -0.491 e. The maximum atomic E-state index is 12.3. The number of hydrogen-bond acceptors (Lipinski definition) is 3. The average Bonchev–Trinajstić information content (AvgIpc) is 2.91.